The number of ether oxygens (including phenoxy) is 1. The van der Waals surface area contributed by atoms with Gasteiger partial charge in [0, 0.05) is 12.1 Å². The predicted octanol–water partition coefficient (Wildman–Crippen LogP) is 3.15. The van der Waals surface area contributed by atoms with Crippen LogP contribution in [0.4, 0.5) is 0 Å². The molecule has 0 amide bonds. The Labute approximate surface area is 99.0 Å². The first-order chi connectivity index (χ1) is 7.53. The Balaban J connectivity index is 2.26. The van der Waals surface area contributed by atoms with E-state index < -0.39 is 0 Å². The molecule has 0 unspecified atom stereocenters. The van der Waals surface area contributed by atoms with Gasteiger partial charge in [-0.15, -0.1) is 0 Å². The summed E-state index contributed by atoms with van der Waals surface area (Å²) in [6.45, 7) is 10.3. The molecular weight excluding hydrogens is 198 g/mol. The minimum Gasteiger partial charge on any atom is -0.492 e. The van der Waals surface area contributed by atoms with Gasteiger partial charge in [0.2, 0.25) is 0 Å². The van der Waals surface area contributed by atoms with Gasteiger partial charge >= 0.3 is 0 Å². The van der Waals surface area contributed by atoms with Crippen molar-refractivity contribution in [1.82, 2.24) is 5.32 Å². The molecule has 0 aliphatic rings. The third-order valence-corrected chi connectivity index (χ3v) is 2.85. The zero-order chi connectivity index (χ0) is 12.0. The van der Waals surface area contributed by atoms with E-state index in [1.807, 2.05) is 12.1 Å². The van der Waals surface area contributed by atoms with E-state index in [9.17, 15) is 0 Å². The second-order valence-corrected chi connectivity index (χ2v) is 4.83. The van der Waals surface area contributed by atoms with Crippen LogP contribution in [0.3, 0.4) is 0 Å². The molecule has 0 aromatic heterocycles. The summed E-state index contributed by atoms with van der Waals surface area (Å²) in [4.78, 5) is 0. The number of hydrogen-bond donors (Lipinski definition) is 1. The Kier molecular flexibility index (Phi) is 4.81. The summed E-state index contributed by atoms with van der Waals surface area (Å²) in [6.07, 6.45) is 1.12. The summed E-state index contributed by atoms with van der Waals surface area (Å²) in [5.74, 6) is 0.955. The van der Waals surface area contributed by atoms with Crippen molar-refractivity contribution in [1.29, 1.82) is 0 Å². The number of rotatable bonds is 6. The minimum atomic E-state index is 0.204. The highest BCUT2D eigenvalue weighted by atomic mass is 16.5. The van der Waals surface area contributed by atoms with E-state index in [4.69, 9.17) is 4.74 Å². The first kappa shape index (κ1) is 13.0. The number of nitrogens with one attached hydrogen (secondary N) is 1. The lowest BCUT2D eigenvalue weighted by Gasteiger charge is -2.24. The van der Waals surface area contributed by atoms with Crippen LogP contribution in [0.15, 0.2) is 24.3 Å². The molecule has 0 aliphatic carbocycles. The number of hydrogen-bond acceptors (Lipinski definition) is 2. The standard InChI is InChI=1S/C14H23NO/c1-5-14(3,4)15-9-10-16-13-8-6-7-12(2)11-13/h6-8,11,15H,5,9-10H2,1-4H3. The first-order valence-electron chi connectivity index (χ1n) is 5.98. The van der Waals surface area contributed by atoms with Gasteiger partial charge in [0.05, 0.1) is 0 Å². The highest BCUT2D eigenvalue weighted by molar-refractivity contribution is 5.27. The summed E-state index contributed by atoms with van der Waals surface area (Å²) in [5.41, 5.74) is 1.44. The number of aryl methyl sites for hydroxylation is 1. The summed E-state index contributed by atoms with van der Waals surface area (Å²) in [7, 11) is 0. The molecule has 0 saturated heterocycles. The minimum absolute atomic E-state index is 0.204. The molecule has 0 atom stereocenters. The quantitative estimate of drug-likeness (QED) is 0.745. The van der Waals surface area contributed by atoms with E-state index in [1.165, 1.54) is 5.56 Å². The largest absolute Gasteiger partial charge is 0.492 e. The predicted molar refractivity (Wildman–Crippen MR) is 69.0 cm³/mol. The maximum atomic E-state index is 5.66. The van der Waals surface area contributed by atoms with E-state index in [2.05, 4.69) is 45.1 Å². The van der Waals surface area contributed by atoms with Crippen molar-refractivity contribution in [2.75, 3.05) is 13.2 Å². The van der Waals surface area contributed by atoms with Gasteiger partial charge in [-0.1, -0.05) is 19.1 Å². The van der Waals surface area contributed by atoms with E-state index in [1.54, 1.807) is 0 Å². The zero-order valence-electron chi connectivity index (χ0n) is 10.8. The van der Waals surface area contributed by atoms with Crippen molar-refractivity contribution in [3.63, 3.8) is 0 Å². The Bertz CT molecular complexity index is 320. The molecule has 0 fully saturated rings. The normalized spacial score (nSPS) is 11.5. The second-order valence-electron chi connectivity index (χ2n) is 4.83. The summed E-state index contributed by atoms with van der Waals surface area (Å²) < 4.78 is 5.66. The molecule has 1 aromatic carbocycles. The van der Waals surface area contributed by atoms with Crippen molar-refractivity contribution in [2.24, 2.45) is 0 Å². The molecule has 1 rings (SSSR count). The van der Waals surface area contributed by atoms with Gasteiger partial charge in [-0.3, -0.25) is 0 Å². The van der Waals surface area contributed by atoms with Gasteiger partial charge < -0.3 is 10.1 Å². The first-order valence-corrected chi connectivity index (χ1v) is 5.98. The zero-order valence-corrected chi connectivity index (χ0v) is 10.8. The Hall–Kier alpha value is -1.02. The Morgan fingerprint density at radius 1 is 1.31 bits per heavy atom. The smallest absolute Gasteiger partial charge is 0.119 e. The molecule has 1 N–H and O–H groups in total. The molecule has 0 aliphatic heterocycles. The molecule has 0 bridgehead atoms. The van der Waals surface area contributed by atoms with Crippen LogP contribution in [0, 0.1) is 6.92 Å². The third kappa shape index (κ3) is 4.67. The van der Waals surface area contributed by atoms with Crippen molar-refractivity contribution in [3.8, 4) is 5.75 Å². The molecule has 2 nitrogen and oxygen atoms in total. The van der Waals surface area contributed by atoms with Crippen LogP contribution in [0.2, 0.25) is 0 Å². The van der Waals surface area contributed by atoms with Gasteiger partial charge in [-0.25, -0.2) is 0 Å². The van der Waals surface area contributed by atoms with Crippen LogP contribution in [-0.4, -0.2) is 18.7 Å². The monoisotopic (exact) mass is 221 g/mol. The van der Waals surface area contributed by atoms with Gasteiger partial charge in [0.15, 0.2) is 0 Å². The summed E-state index contributed by atoms with van der Waals surface area (Å²) >= 11 is 0. The van der Waals surface area contributed by atoms with Gasteiger partial charge in [0.25, 0.3) is 0 Å². The van der Waals surface area contributed by atoms with Crippen LogP contribution in [0.5, 0.6) is 5.75 Å². The lowest BCUT2D eigenvalue weighted by Crippen LogP contribution is -2.40. The Morgan fingerprint density at radius 2 is 2.06 bits per heavy atom. The third-order valence-electron chi connectivity index (χ3n) is 2.85. The SMILES string of the molecule is CCC(C)(C)NCCOc1cccc(C)c1. The highest BCUT2D eigenvalue weighted by Gasteiger charge is 2.12. The van der Waals surface area contributed by atoms with Gasteiger partial charge in [-0.05, 0) is 44.9 Å². The van der Waals surface area contributed by atoms with Crippen molar-refractivity contribution in [3.05, 3.63) is 29.8 Å². The van der Waals surface area contributed by atoms with Crippen LogP contribution in [0.1, 0.15) is 32.8 Å². The Morgan fingerprint density at radius 3 is 2.69 bits per heavy atom. The van der Waals surface area contributed by atoms with Crippen LogP contribution >= 0.6 is 0 Å². The fourth-order valence-electron chi connectivity index (χ4n) is 1.39. The lowest BCUT2D eigenvalue weighted by molar-refractivity contribution is 0.281. The fourth-order valence-corrected chi connectivity index (χ4v) is 1.39. The molecule has 0 heterocycles. The summed E-state index contributed by atoms with van der Waals surface area (Å²) in [6, 6.07) is 8.16. The van der Waals surface area contributed by atoms with Crippen LogP contribution < -0.4 is 10.1 Å². The van der Waals surface area contributed by atoms with Crippen molar-refractivity contribution < 1.29 is 4.74 Å². The maximum absolute atomic E-state index is 5.66. The van der Waals surface area contributed by atoms with Crippen LogP contribution in [0.25, 0.3) is 0 Å². The van der Waals surface area contributed by atoms with E-state index in [-0.39, 0.29) is 5.54 Å². The van der Waals surface area contributed by atoms with Crippen molar-refractivity contribution >= 4 is 0 Å². The molecule has 2 heteroatoms. The lowest BCUT2D eigenvalue weighted by atomic mass is 10.0. The maximum Gasteiger partial charge on any atom is 0.119 e. The molecule has 0 saturated carbocycles. The van der Waals surface area contributed by atoms with Crippen molar-refractivity contribution in [2.45, 2.75) is 39.7 Å². The molecular formula is C14H23NO. The molecule has 0 spiro atoms. The average molecular weight is 221 g/mol. The fraction of sp³-hybridized carbons (Fsp3) is 0.571. The van der Waals surface area contributed by atoms with E-state index in [0.717, 1.165) is 18.7 Å². The van der Waals surface area contributed by atoms with Crippen LogP contribution in [-0.2, 0) is 0 Å². The van der Waals surface area contributed by atoms with Gasteiger partial charge in [0.1, 0.15) is 12.4 Å². The topological polar surface area (TPSA) is 21.3 Å². The average Bonchev–Trinajstić information content (AvgIpc) is 2.25. The molecule has 16 heavy (non-hydrogen) atoms. The molecule has 0 radical (unpaired) electrons. The number of benzene rings is 1. The highest BCUT2D eigenvalue weighted by Crippen LogP contribution is 2.12. The van der Waals surface area contributed by atoms with Gasteiger partial charge in [-0.2, -0.15) is 0 Å². The molecule has 1 aromatic rings. The van der Waals surface area contributed by atoms with E-state index >= 15 is 0 Å². The molecule has 90 valence electrons. The summed E-state index contributed by atoms with van der Waals surface area (Å²) in [5, 5.41) is 3.47. The van der Waals surface area contributed by atoms with E-state index in [0.29, 0.717) is 6.61 Å². The second kappa shape index (κ2) is 5.90.